The molecule has 2 aromatic rings. The van der Waals surface area contributed by atoms with E-state index in [2.05, 4.69) is 12.2 Å². The zero-order valence-electron chi connectivity index (χ0n) is 17.9. The molecule has 0 bridgehead atoms. The molecule has 0 spiro atoms. The van der Waals surface area contributed by atoms with Crippen LogP contribution in [0.4, 0.5) is 0 Å². The number of nitrogens with one attached hydrogen (secondary N) is 1. The van der Waals surface area contributed by atoms with E-state index in [1.807, 2.05) is 54.6 Å². The summed E-state index contributed by atoms with van der Waals surface area (Å²) >= 11 is 0. The van der Waals surface area contributed by atoms with Crippen molar-refractivity contribution < 1.29 is 23.9 Å². The number of hydrogen-bond donors (Lipinski definition) is 1. The van der Waals surface area contributed by atoms with Gasteiger partial charge in [0.1, 0.15) is 18.4 Å². The van der Waals surface area contributed by atoms with E-state index in [4.69, 9.17) is 9.47 Å². The van der Waals surface area contributed by atoms with E-state index >= 15 is 0 Å². The summed E-state index contributed by atoms with van der Waals surface area (Å²) in [4.78, 5) is 39.2. The third-order valence-electron chi connectivity index (χ3n) is 5.21. The molecule has 0 aliphatic carbocycles. The minimum atomic E-state index is -0.918. The number of esters is 1. The molecule has 1 aliphatic heterocycles. The molecule has 0 saturated carbocycles. The van der Waals surface area contributed by atoms with Crippen molar-refractivity contribution in [2.45, 2.75) is 45.4 Å². The average molecular weight is 424 g/mol. The lowest BCUT2D eigenvalue weighted by Gasteiger charge is -2.36. The molecule has 1 saturated heterocycles. The Balaban J connectivity index is 1.60. The van der Waals surface area contributed by atoms with Crippen molar-refractivity contribution in [1.82, 2.24) is 10.2 Å². The van der Waals surface area contributed by atoms with Crippen LogP contribution >= 0.6 is 0 Å². The average Bonchev–Trinajstić information content (AvgIpc) is 2.79. The second-order valence-electron chi connectivity index (χ2n) is 7.45. The van der Waals surface area contributed by atoms with Crippen LogP contribution in [0, 0.1) is 0 Å². The summed E-state index contributed by atoms with van der Waals surface area (Å²) in [5.74, 6) is -0.656. The van der Waals surface area contributed by atoms with Crippen LogP contribution < -0.4 is 10.1 Å². The normalized spacial score (nSPS) is 16.9. The minimum Gasteiger partial charge on any atom is -0.481 e. The SMILES string of the molecule is CCc1ccc(O[C@H](C)C(=O)N2CCNC(=O)[C@H]2CC(=O)OCc2ccccc2)cc1. The van der Waals surface area contributed by atoms with Crippen LogP contribution in [0.1, 0.15) is 31.4 Å². The van der Waals surface area contributed by atoms with Crippen LogP contribution in [0.2, 0.25) is 0 Å². The number of aryl methyl sites for hydroxylation is 1. The Bertz CT molecular complexity index is 898. The highest BCUT2D eigenvalue weighted by molar-refractivity contribution is 5.93. The summed E-state index contributed by atoms with van der Waals surface area (Å²) in [6, 6.07) is 15.9. The van der Waals surface area contributed by atoms with Gasteiger partial charge in [0, 0.05) is 13.1 Å². The van der Waals surface area contributed by atoms with Crippen LogP contribution in [0.5, 0.6) is 5.75 Å². The molecule has 7 nitrogen and oxygen atoms in total. The van der Waals surface area contributed by atoms with Crippen LogP contribution in [0.3, 0.4) is 0 Å². The Morgan fingerprint density at radius 3 is 2.48 bits per heavy atom. The molecular formula is C24H28N2O5. The molecule has 0 unspecified atom stereocenters. The number of carbonyl (C=O) groups is 3. The van der Waals surface area contributed by atoms with E-state index in [0.29, 0.717) is 18.8 Å². The van der Waals surface area contributed by atoms with Gasteiger partial charge in [0.25, 0.3) is 5.91 Å². The molecule has 7 heteroatoms. The highest BCUT2D eigenvalue weighted by atomic mass is 16.5. The molecule has 0 aromatic heterocycles. The molecule has 0 radical (unpaired) electrons. The molecule has 2 aromatic carbocycles. The fraction of sp³-hybridized carbons (Fsp3) is 0.375. The largest absolute Gasteiger partial charge is 0.481 e. The van der Waals surface area contributed by atoms with Crippen LogP contribution in [0.25, 0.3) is 0 Å². The maximum absolute atomic E-state index is 13.0. The van der Waals surface area contributed by atoms with E-state index in [0.717, 1.165) is 12.0 Å². The van der Waals surface area contributed by atoms with Gasteiger partial charge in [-0.2, -0.15) is 0 Å². The Labute approximate surface area is 182 Å². The molecule has 1 heterocycles. The van der Waals surface area contributed by atoms with Crippen LogP contribution in [-0.2, 0) is 32.1 Å². The van der Waals surface area contributed by atoms with E-state index in [-0.39, 0.29) is 24.8 Å². The van der Waals surface area contributed by atoms with Gasteiger partial charge in [-0.15, -0.1) is 0 Å². The minimum absolute atomic E-state index is 0.120. The monoisotopic (exact) mass is 424 g/mol. The predicted octanol–water partition coefficient (Wildman–Crippen LogP) is 2.48. The molecule has 2 atom stereocenters. The number of ether oxygens (including phenoxy) is 2. The second-order valence-corrected chi connectivity index (χ2v) is 7.45. The van der Waals surface area contributed by atoms with Crippen LogP contribution in [-0.4, -0.2) is 47.9 Å². The molecule has 1 aliphatic rings. The Morgan fingerprint density at radius 2 is 1.81 bits per heavy atom. The number of amides is 2. The van der Waals surface area contributed by atoms with Crippen molar-refractivity contribution in [3.63, 3.8) is 0 Å². The molecule has 164 valence electrons. The van der Waals surface area contributed by atoms with Gasteiger partial charge in [0.15, 0.2) is 6.10 Å². The third kappa shape index (κ3) is 6.07. The summed E-state index contributed by atoms with van der Waals surface area (Å²) in [5.41, 5.74) is 2.03. The maximum atomic E-state index is 13.0. The molecule has 2 amide bonds. The molecule has 3 rings (SSSR count). The third-order valence-corrected chi connectivity index (χ3v) is 5.21. The number of benzene rings is 2. The second kappa shape index (κ2) is 10.6. The fourth-order valence-corrected chi connectivity index (χ4v) is 3.43. The van der Waals surface area contributed by atoms with Gasteiger partial charge >= 0.3 is 5.97 Å². The number of carbonyl (C=O) groups excluding carboxylic acids is 3. The summed E-state index contributed by atoms with van der Waals surface area (Å²) in [6.07, 6.45) is -0.0802. The summed E-state index contributed by atoms with van der Waals surface area (Å²) in [7, 11) is 0. The number of piperazine rings is 1. The lowest BCUT2D eigenvalue weighted by Crippen LogP contribution is -2.60. The van der Waals surface area contributed by atoms with Gasteiger partial charge < -0.3 is 19.7 Å². The van der Waals surface area contributed by atoms with Crippen molar-refractivity contribution in [2.24, 2.45) is 0 Å². The molecular weight excluding hydrogens is 396 g/mol. The van der Waals surface area contributed by atoms with Gasteiger partial charge in [-0.3, -0.25) is 14.4 Å². The first-order valence-electron chi connectivity index (χ1n) is 10.5. The van der Waals surface area contributed by atoms with Crippen molar-refractivity contribution in [3.05, 3.63) is 65.7 Å². The molecule has 1 fully saturated rings. The van der Waals surface area contributed by atoms with Crippen LogP contribution in [0.15, 0.2) is 54.6 Å². The van der Waals surface area contributed by atoms with Crippen molar-refractivity contribution in [1.29, 1.82) is 0 Å². The maximum Gasteiger partial charge on any atom is 0.308 e. The summed E-state index contributed by atoms with van der Waals surface area (Å²) in [6.45, 7) is 4.47. The molecule has 1 N–H and O–H groups in total. The highest BCUT2D eigenvalue weighted by Gasteiger charge is 2.37. The van der Waals surface area contributed by atoms with E-state index in [1.54, 1.807) is 6.92 Å². The topological polar surface area (TPSA) is 84.9 Å². The lowest BCUT2D eigenvalue weighted by atomic mass is 10.1. The number of rotatable bonds is 8. The molecule has 31 heavy (non-hydrogen) atoms. The first-order chi connectivity index (χ1) is 15.0. The zero-order valence-corrected chi connectivity index (χ0v) is 17.9. The standard InChI is InChI=1S/C24H28N2O5/c1-3-18-9-11-20(12-10-18)31-17(2)24(29)26-14-13-25-23(28)21(26)15-22(27)30-16-19-7-5-4-6-8-19/h4-12,17,21H,3,13-16H2,1-2H3,(H,25,28)/t17-,21-/m1/s1. The Morgan fingerprint density at radius 1 is 1.10 bits per heavy atom. The lowest BCUT2D eigenvalue weighted by molar-refractivity contribution is -0.154. The summed E-state index contributed by atoms with van der Waals surface area (Å²) < 4.78 is 11.1. The quantitative estimate of drug-likeness (QED) is 0.658. The highest BCUT2D eigenvalue weighted by Crippen LogP contribution is 2.18. The Kier molecular flexibility index (Phi) is 7.65. The van der Waals surface area contributed by atoms with Gasteiger partial charge in [-0.25, -0.2) is 0 Å². The number of nitrogens with zero attached hydrogens (tertiary/aromatic N) is 1. The van der Waals surface area contributed by atoms with E-state index in [1.165, 1.54) is 10.5 Å². The number of hydrogen-bond acceptors (Lipinski definition) is 5. The van der Waals surface area contributed by atoms with Crippen molar-refractivity contribution in [3.8, 4) is 5.75 Å². The van der Waals surface area contributed by atoms with E-state index < -0.39 is 18.1 Å². The van der Waals surface area contributed by atoms with E-state index in [9.17, 15) is 14.4 Å². The van der Waals surface area contributed by atoms with Crippen molar-refractivity contribution in [2.75, 3.05) is 13.1 Å². The Hall–Kier alpha value is -3.35. The van der Waals surface area contributed by atoms with Crippen molar-refractivity contribution >= 4 is 17.8 Å². The van der Waals surface area contributed by atoms with Gasteiger partial charge in [0.05, 0.1) is 6.42 Å². The smallest absolute Gasteiger partial charge is 0.308 e. The zero-order chi connectivity index (χ0) is 22.2. The first-order valence-corrected chi connectivity index (χ1v) is 10.5. The first kappa shape index (κ1) is 22.3. The fourth-order valence-electron chi connectivity index (χ4n) is 3.43. The predicted molar refractivity (Wildman–Crippen MR) is 115 cm³/mol. The van der Waals surface area contributed by atoms with Gasteiger partial charge in [0.2, 0.25) is 5.91 Å². The van der Waals surface area contributed by atoms with Gasteiger partial charge in [-0.1, -0.05) is 49.4 Å². The van der Waals surface area contributed by atoms with Gasteiger partial charge in [-0.05, 0) is 36.6 Å². The summed E-state index contributed by atoms with van der Waals surface area (Å²) in [5, 5.41) is 2.72.